The SMILES string of the molecule is NCc1ccc(N2CCCC3CCCC32)c(F)c1Br. The van der Waals surface area contributed by atoms with E-state index in [-0.39, 0.29) is 5.82 Å². The molecule has 1 aliphatic heterocycles. The molecule has 19 heavy (non-hydrogen) atoms. The van der Waals surface area contributed by atoms with Crippen molar-refractivity contribution in [2.45, 2.75) is 44.7 Å². The molecule has 2 unspecified atom stereocenters. The van der Waals surface area contributed by atoms with Gasteiger partial charge in [0.05, 0.1) is 10.2 Å². The molecule has 0 aromatic heterocycles. The Bertz CT molecular complexity index is 477. The molecule has 1 heterocycles. The van der Waals surface area contributed by atoms with Gasteiger partial charge in [0.25, 0.3) is 0 Å². The van der Waals surface area contributed by atoms with Gasteiger partial charge in [0.1, 0.15) is 0 Å². The van der Waals surface area contributed by atoms with Gasteiger partial charge < -0.3 is 10.6 Å². The van der Waals surface area contributed by atoms with E-state index in [9.17, 15) is 4.39 Å². The van der Waals surface area contributed by atoms with Crippen molar-refractivity contribution in [2.75, 3.05) is 11.4 Å². The van der Waals surface area contributed by atoms with E-state index in [1.807, 2.05) is 12.1 Å². The van der Waals surface area contributed by atoms with Gasteiger partial charge in [0, 0.05) is 19.1 Å². The first-order chi connectivity index (χ1) is 9.22. The number of rotatable bonds is 2. The molecule has 0 spiro atoms. The van der Waals surface area contributed by atoms with Gasteiger partial charge in [-0.05, 0) is 59.2 Å². The van der Waals surface area contributed by atoms with Crippen LogP contribution in [0.1, 0.15) is 37.7 Å². The smallest absolute Gasteiger partial charge is 0.160 e. The molecule has 2 nitrogen and oxygen atoms in total. The fourth-order valence-corrected chi connectivity index (χ4v) is 4.21. The Kier molecular flexibility index (Phi) is 3.81. The molecule has 0 bridgehead atoms. The van der Waals surface area contributed by atoms with Gasteiger partial charge in [-0.2, -0.15) is 0 Å². The first-order valence-electron chi connectivity index (χ1n) is 7.16. The number of halogens is 2. The Morgan fingerprint density at radius 1 is 1.26 bits per heavy atom. The predicted octanol–water partition coefficient (Wildman–Crippen LogP) is 3.82. The largest absolute Gasteiger partial charge is 0.366 e. The summed E-state index contributed by atoms with van der Waals surface area (Å²) in [5.41, 5.74) is 7.21. The van der Waals surface area contributed by atoms with Crippen LogP contribution in [0.5, 0.6) is 0 Å². The topological polar surface area (TPSA) is 29.3 Å². The van der Waals surface area contributed by atoms with Crippen molar-refractivity contribution in [1.29, 1.82) is 0 Å². The predicted molar refractivity (Wildman–Crippen MR) is 79.7 cm³/mol. The van der Waals surface area contributed by atoms with Crippen molar-refractivity contribution in [3.05, 3.63) is 28.0 Å². The lowest BCUT2D eigenvalue weighted by Gasteiger charge is -2.39. The first-order valence-corrected chi connectivity index (χ1v) is 7.95. The zero-order valence-electron chi connectivity index (χ0n) is 11.0. The van der Waals surface area contributed by atoms with E-state index in [1.165, 1.54) is 32.1 Å². The number of nitrogens with zero attached hydrogens (tertiary/aromatic N) is 1. The summed E-state index contributed by atoms with van der Waals surface area (Å²) >= 11 is 3.35. The van der Waals surface area contributed by atoms with E-state index in [1.54, 1.807) is 0 Å². The second-order valence-electron chi connectivity index (χ2n) is 5.67. The van der Waals surface area contributed by atoms with Crippen LogP contribution in [0, 0.1) is 11.7 Å². The third-order valence-corrected chi connectivity index (χ3v) is 5.52. The van der Waals surface area contributed by atoms with Crippen LogP contribution in [0.2, 0.25) is 0 Å². The van der Waals surface area contributed by atoms with Crippen LogP contribution >= 0.6 is 15.9 Å². The Morgan fingerprint density at radius 3 is 2.84 bits per heavy atom. The molecule has 1 aromatic carbocycles. The summed E-state index contributed by atoms with van der Waals surface area (Å²) in [6, 6.07) is 4.39. The molecular weight excluding hydrogens is 307 g/mol. The molecule has 3 rings (SSSR count). The van der Waals surface area contributed by atoms with Crippen LogP contribution in [0.4, 0.5) is 10.1 Å². The van der Waals surface area contributed by atoms with Gasteiger partial charge in [-0.1, -0.05) is 12.5 Å². The molecule has 104 valence electrons. The average Bonchev–Trinajstić information content (AvgIpc) is 2.90. The summed E-state index contributed by atoms with van der Waals surface area (Å²) in [5, 5.41) is 0. The maximum absolute atomic E-state index is 14.5. The number of nitrogens with two attached hydrogens (primary N) is 1. The van der Waals surface area contributed by atoms with Crippen molar-refractivity contribution < 1.29 is 4.39 Å². The lowest BCUT2D eigenvalue weighted by Crippen LogP contribution is -2.43. The number of piperidine rings is 1. The van der Waals surface area contributed by atoms with Crippen molar-refractivity contribution >= 4 is 21.6 Å². The van der Waals surface area contributed by atoms with Crippen molar-refractivity contribution in [1.82, 2.24) is 0 Å². The highest BCUT2D eigenvalue weighted by Crippen LogP contribution is 2.41. The minimum atomic E-state index is -0.143. The number of hydrogen-bond donors (Lipinski definition) is 1. The van der Waals surface area contributed by atoms with Gasteiger partial charge in [-0.25, -0.2) is 4.39 Å². The van der Waals surface area contributed by atoms with E-state index in [0.29, 0.717) is 17.1 Å². The average molecular weight is 327 g/mol. The number of anilines is 1. The highest BCUT2D eigenvalue weighted by Gasteiger charge is 2.36. The van der Waals surface area contributed by atoms with Crippen LogP contribution in [0.25, 0.3) is 0 Å². The van der Waals surface area contributed by atoms with E-state index < -0.39 is 0 Å². The van der Waals surface area contributed by atoms with Gasteiger partial charge in [0.2, 0.25) is 0 Å². The molecule has 0 radical (unpaired) electrons. The Morgan fingerprint density at radius 2 is 2.05 bits per heavy atom. The van der Waals surface area contributed by atoms with Crippen molar-refractivity contribution in [3.8, 4) is 0 Å². The standard InChI is InChI=1S/C15H20BrFN2/c16-14-11(9-18)6-7-13(15(14)17)19-8-2-4-10-3-1-5-12(10)19/h6-7,10,12H,1-5,8-9,18H2. The number of fused-ring (bicyclic) bond motifs is 1. The van der Waals surface area contributed by atoms with Crippen LogP contribution in [-0.4, -0.2) is 12.6 Å². The van der Waals surface area contributed by atoms with E-state index in [2.05, 4.69) is 20.8 Å². The minimum Gasteiger partial charge on any atom is -0.366 e. The fourth-order valence-electron chi connectivity index (χ4n) is 3.71. The van der Waals surface area contributed by atoms with Crippen molar-refractivity contribution in [2.24, 2.45) is 11.7 Å². The highest BCUT2D eigenvalue weighted by atomic mass is 79.9. The summed E-state index contributed by atoms with van der Waals surface area (Å²) < 4.78 is 15.1. The van der Waals surface area contributed by atoms with Gasteiger partial charge in [-0.3, -0.25) is 0 Å². The monoisotopic (exact) mass is 326 g/mol. The zero-order valence-corrected chi connectivity index (χ0v) is 12.6. The molecule has 4 heteroatoms. The van der Waals surface area contributed by atoms with Crippen molar-refractivity contribution in [3.63, 3.8) is 0 Å². The maximum atomic E-state index is 14.5. The molecule has 2 fully saturated rings. The zero-order chi connectivity index (χ0) is 13.4. The quantitative estimate of drug-likeness (QED) is 0.895. The summed E-state index contributed by atoms with van der Waals surface area (Å²) in [7, 11) is 0. The second kappa shape index (κ2) is 5.41. The number of hydrogen-bond acceptors (Lipinski definition) is 2. The third-order valence-electron chi connectivity index (χ3n) is 4.66. The van der Waals surface area contributed by atoms with E-state index >= 15 is 0 Å². The van der Waals surface area contributed by atoms with Crippen LogP contribution < -0.4 is 10.6 Å². The molecule has 1 saturated carbocycles. The number of benzene rings is 1. The Hall–Kier alpha value is -0.610. The minimum absolute atomic E-state index is 0.143. The van der Waals surface area contributed by atoms with Gasteiger partial charge in [-0.15, -0.1) is 0 Å². The Labute approximate surface area is 122 Å². The van der Waals surface area contributed by atoms with Gasteiger partial charge >= 0.3 is 0 Å². The first kappa shape index (κ1) is 13.4. The fraction of sp³-hybridized carbons (Fsp3) is 0.600. The third kappa shape index (κ3) is 2.29. The molecule has 2 N–H and O–H groups in total. The Balaban J connectivity index is 1.95. The maximum Gasteiger partial charge on any atom is 0.160 e. The molecule has 2 atom stereocenters. The summed E-state index contributed by atoms with van der Waals surface area (Å²) in [6.07, 6.45) is 6.29. The van der Waals surface area contributed by atoms with Gasteiger partial charge in [0.15, 0.2) is 5.82 Å². The lowest BCUT2D eigenvalue weighted by atomic mass is 9.91. The molecule has 1 saturated heterocycles. The highest BCUT2D eigenvalue weighted by molar-refractivity contribution is 9.10. The summed E-state index contributed by atoms with van der Waals surface area (Å²) in [5.74, 6) is 0.622. The van der Waals surface area contributed by atoms with E-state index in [4.69, 9.17) is 5.73 Å². The molecule has 1 aliphatic carbocycles. The normalized spacial score (nSPS) is 26.6. The molecule has 2 aliphatic rings. The van der Waals surface area contributed by atoms with Crippen LogP contribution in [0.3, 0.4) is 0 Å². The molecule has 1 aromatic rings. The molecule has 0 amide bonds. The second-order valence-corrected chi connectivity index (χ2v) is 6.46. The molecular formula is C15H20BrFN2. The van der Waals surface area contributed by atoms with Crippen LogP contribution in [-0.2, 0) is 6.54 Å². The van der Waals surface area contributed by atoms with Crippen LogP contribution in [0.15, 0.2) is 16.6 Å². The summed E-state index contributed by atoms with van der Waals surface area (Å²) in [6.45, 7) is 1.34. The lowest BCUT2D eigenvalue weighted by molar-refractivity contribution is 0.359. The van der Waals surface area contributed by atoms with E-state index in [0.717, 1.165) is 23.7 Å². The summed E-state index contributed by atoms with van der Waals surface area (Å²) in [4.78, 5) is 2.29.